The van der Waals surface area contributed by atoms with E-state index in [-0.39, 0.29) is 5.91 Å². The van der Waals surface area contributed by atoms with E-state index >= 15 is 0 Å². The number of hydrogen-bond acceptors (Lipinski definition) is 4. The van der Waals surface area contributed by atoms with Crippen LogP contribution in [0.5, 0.6) is 0 Å². The average Bonchev–Trinajstić information content (AvgIpc) is 3.40. The van der Waals surface area contributed by atoms with Crippen molar-refractivity contribution in [3.05, 3.63) is 89.6 Å². The van der Waals surface area contributed by atoms with Crippen molar-refractivity contribution in [1.82, 2.24) is 14.3 Å². The molecular formula is C25H25N3O2S. The second-order valence-electron chi connectivity index (χ2n) is 7.18. The molecule has 0 bridgehead atoms. The molecule has 0 atom stereocenters. The van der Waals surface area contributed by atoms with Crippen molar-refractivity contribution in [2.75, 3.05) is 26.8 Å². The third kappa shape index (κ3) is 5.29. The fourth-order valence-electron chi connectivity index (χ4n) is 3.38. The molecule has 31 heavy (non-hydrogen) atoms. The van der Waals surface area contributed by atoms with E-state index in [0.717, 1.165) is 33.9 Å². The standard InChI is InChI=1S/C25H25N3O2S/c1-30-17-16-27(24(29)13-12-20-8-4-2-5-9-20)15-14-22-19-31-25-26-23(18-28(22)25)21-10-6-3-7-11-21/h2-13,18-19H,14-17H2,1H3. The zero-order valence-corrected chi connectivity index (χ0v) is 18.3. The number of ether oxygens (including phenoxy) is 1. The Balaban J connectivity index is 1.46. The highest BCUT2D eigenvalue weighted by Gasteiger charge is 2.14. The maximum Gasteiger partial charge on any atom is 0.246 e. The van der Waals surface area contributed by atoms with E-state index in [1.54, 1.807) is 24.5 Å². The zero-order valence-electron chi connectivity index (χ0n) is 17.5. The van der Waals surface area contributed by atoms with E-state index in [0.29, 0.717) is 19.7 Å². The van der Waals surface area contributed by atoms with Crippen molar-refractivity contribution in [3.63, 3.8) is 0 Å². The number of thiazole rings is 1. The zero-order chi connectivity index (χ0) is 21.5. The number of carbonyl (C=O) groups is 1. The second kappa shape index (κ2) is 10.2. The van der Waals surface area contributed by atoms with Crippen LogP contribution in [0.15, 0.2) is 78.3 Å². The van der Waals surface area contributed by atoms with Crippen LogP contribution < -0.4 is 0 Å². The minimum atomic E-state index is -0.0111. The first-order valence-corrected chi connectivity index (χ1v) is 11.1. The normalized spacial score (nSPS) is 11.4. The lowest BCUT2D eigenvalue weighted by molar-refractivity contribution is -0.126. The Labute approximate surface area is 186 Å². The molecule has 158 valence electrons. The van der Waals surface area contributed by atoms with Gasteiger partial charge in [-0.2, -0.15) is 0 Å². The molecule has 0 spiro atoms. The highest BCUT2D eigenvalue weighted by molar-refractivity contribution is 7.15. The van der Waals surface area contributed by atoms with E-state index < -0.39 is 0 Å². The van der Waals surface area contributed by atoms with Crippen LogP contribution >= 0.6 is 11.3 Å². The van der Waals surface area contributed by atoms with Gasteiger partial charge in [-0.1, -0.05) is 60.7 Å². The molecule has 0 radical (unpaired) electrons. The molecular weight excluding hydrogens is 406 g/mol. The monoisotopic (exact) mass is 431 g/mol. The van der Waals surface area contributed by atoms with E-state index in [4.69, 9.17) is 9.72 Å². The summed E-state index contributed by atoms with van der Waals surface area (Å²) < 4.78 is 7.34. The molecule has 4 aromatic rings. The minimum absolute atomic E-state index is 0.0111. The summed E-state index contributed by atoms with van der Waals surface area (Å²) in [6.07, 6.45) is 6.32. The van der Waals surface area contributed by atoms with Gasteiger partial charge in [-0.15, -0.1) is 11.3 Å². The molecule has 2 aromatic carbocycles. The van der Waals surface area contributed by atoms with Gasteiger partial charge in [-0.25, -0.2) is 4.98 Å². The van der Waals surface area contributed by atoms with Gasteiger partial charge >= 0.3 is 0 Å². The molecule has 0 aliphatic rings. The van der Waals surface area contributed by atoms with Crippen LogP contribution in [0.1, 0.15) is 11.3 Å². The Hall–Kier alpha value is -3.22. The molecule has 1 amide bonds. The summed E-state index contributed by atoms with van der Waals surface area (Å²) in [5.41, 5.74) is 4.23. The lowest BCUT2D eigenvalue weighted by atomic mass is 10.2. The van der Waals surface area contributed by atoms with Crippen LogP contribution in [0.25, 0.3) is 22.3 Å². The Bertz CT molecular complexity index is 1150. The van der Waals surface area contributed by atoms with Gasteiger partial charge in [0.1, 0.15) is 0 Å². The smallest absolute Gasteiger partial charge is 0.246 e. The first kappa shape index (κ1) is 21.0. The molecule has 0 N–H and O–H groups in total. The topological polar surface area (TPSA) is 46.8 Å². The quantitative estimate of drug-likeness (QED) is 0.358. The van der Waals surface area contributed by atoms with Crippen molar-refractivity contribution in [2.24, 2.45) is 0 Å². The van der Waals surface area contributed by atoms with Crippen molar-refractivity contribution in [3.8, 4) is 11.3 Å². The van der Waals surface area contributed by atoms with Gasteiger partial charge in [-0.05, 0) is 11.6 Å². The van der Waals surface area contributed by atoms with Gasteiger partial charge < -0.3 is 9.64 Å². The number of amides is 1. The first-order chi connectivity index (χ1) is 15.2. The fraction of sp³-hybridized carbons (Fsp3) is 0.200. The SMILES string of the molecule is COCCN(CCc1csc2nc(-c3ccccc3)cn12)C(=O)C=Cc1ccccc1. The summed E-state index contributed by atoms with van der Waals surface area (Å²) in [5, 5.41) is 2.12. The van der Waals surface area contributed by atoms with Crippen molar-refractivity contribution < 1.29 is 9.53 Å². The van der Waals surface area contributed by atoms with Gasteiger partial charge in [0.2, 0.25) is 5.91 Å². The number of carbonyl (C=O) groups excluding carboxylic acids is 1. The molecule has 4 rings (SSSR count). The number of hydrogen-bond donors (Lipinski definition) is 0. The van der Waals surface area contributed by atoms with Gasteiger partial charge in [0.15, 0.2) is 4.96 Å². The average molecular weight is 432 g/mol. The Morgan fingerprint density at radius 3 is 2.58 bits per heavy atom. The molecule has 2 heterocycles. The Kier molecular flexibility index (Phi) is 6.92. The first-order valence-electron chi connectivity index (χ1n) is 10.3. The van der Waals surface area contributed by atoms with Crippen molar-refractivity contribution >= 4 is 28.3 Å². The number of methoxy groups -OCH3 is 1. The predicted molar refractivity (Wildman–Crippen MR) is 126 cm³/mol. The third-order valence-electron chi connectivity index (χ3n) is 5.09. The molecule has 5 nitrogen and oxygen atoms in total. The van der Waals surface area contributed by atoms with Crippen molar-refractivity contribution in [2.45, 2.75) is 6.42 Å². The van der Waals surface area contributed by atoms with E-state index in [9.17, 15) is 4.79 Å². The van der Waals surface area contributed by atoms with E-state index in [1.165, 1.54) is 0 Å². The van der Waals surface area contributed by atoms with Gasteiger partial charge in [0.25, 0.3) is 0 Å². The van der Waals surface area contributed by atoms with Crippen LogP contribution in [-0.4, -0.2) is 47.0 Å². The highest BCUT2D eigenvalue weighted by Crippen LogP contribution is 2.23. The minimum Gasteiger partial charge on any atom is -0.383 e. The maximum atomic E-state index is 12.8. The van der Waals surface area contributed by atoms with Crippen LogP contribution in [0.3, 0.4) is 0 Å². The lowest BCUT2D eigenvalue weighted by Gasteiger charge is -2.20. The number of imidazole rings is 1. The summed E-state index contributed by atoms with van der Waals surface area (Å²) in [6.45, 7) is 1.68. The summed E-state index contributed by atoms with van der Waals surface area (Å²) in [4.78, 5) is 20.4. The predicted octanol–water partition coefficient (Wildman–Crippen LogP) is 4.79. The number of nitrogens with zero attached hydrogens (tertiary/aromatic N) is 3. The highest BCUT2D eigenvalue weighted by atomic mass is 32.1. The number of aromatic nitrogens is 2. The molecule has 0 fully saturated rings. The second-order valence-corrected chi connectivity index (χ2v) is 8.02. The number of benzene rings is 2. The molecule has 0 unspecified atom stereocenters. The fourth-order valence-corrected chi connectivity index (χ4v) is 4.28. The van der Waals surface area contributed by atoms with Gasteiger partial charge in [0, 0.05) is 55.5 Å². The van der Waals surface area contributed by atoms with Gasteiger partial charge in [0.05, 0.1) is 12.3 Å². The molecule has 2 aromatic heterocycles. The Morgan fingerprint density at radius 1 is 1.10 bits per heavy atom. The Morgan fingerprint density at radius 2 is 1.84 bits per heavy atom. The molecule has 0 aliphatic carbocycles. The summed E-state index contributed by atoms with van der Waals surface area (Å²) in [7, 11) is 1.65. The third-order valence-corrected chi connectivity index (χ3v) is 5.97. The molecule has 0 saturated carbocycles. The van der Waals surface area contributed by atoms with Crippen LogP contribution in [0.2, 0.25) is 0 Å². The van der Waals surface area contributed by atoms with Crippen LogP contribution in [-0.2, 0) is 16.0 Å². The van der Waals surface area contributed by atoms with Crippen molar-refractivity contribution in [1.29, 1.82) is 0 Å². The van der Waals surface area contributed by atoms with E-state index in [2.05, 4.69) is 28.1 Å². The summed E-state index contributed by atoms with van der Waals surface area (Å²) in [6, 6.07) is 20.0. The molecule has 0 saturated heterocycles. The lowest BCUT2D eigenvalue weighted by Crippen LogP contribution is -2.34. The summed E-state index contributed by atoms with van der Waals surface area (Å²) in [5.74, 6) is -0.0111. The van der Waals surface area contributed by atoms with Crippen LogP contribution in [0, 0.1) is 0 Å². The molecule has 6 heteroatoms. The number of fused-ring (bicyclic) bond motifs is 1. The van der Waals surface area contributed by atoms with Crippen LogP contribution in [0.4, 0.5) is 0 Å². The molecule has 0 aliphatic heterocycles. The maximum absolute atomic E-state index is 12.8. The number of rotatable bonds is 9. The summed E-state index contributed by atoms with van der Waals surface area (Å²) >= 11 is 1.62. The largest absolute Gasteiger partial charge is 0.383 e. The van der Waals surface area contributed by atoms with E-state index in [1.807, 2.05) is 59.5 Å². The van der Waals surface area contributed by atoms with Gasteiger partial charge in [-0.3, -0.25) is 9.20 Å².